The van der Waals surface area contributed by atoms with Crippen molar-refractivity contribution in [3.63, 3.8) is 0 Å². The maximum absolute atomic E-state index is 13.0. The highest BCUT2D eigenvalue weighted by Gasteiger charge is 2.49. The van der Waals surface area contributed by atoms with E-state index < -0.39 is 11.6 Å². The molecule has 1 saturated heterocycles. The highest BCUT2D eigenvalue weighted by molar-refractivity contribution is 6.30. The molecule has 0 bridgehead atoms. The quantitative estimate of drug-likeness (QED) is 0.849. The van der Waals surface area contributed by atoms with Gasteiger partial charge in [-0.25, -0.2) is 4.79 Å². The lowest BCUT2D eigenvalue weighted by Gasteiger charge is -2.22. The van der Waals surface area contributed by atoms with E-state index in [0.717, 1.165) is 11.1 Å². The molecule has 5 nitrogen and oxygen atoms in total. The third-order valence-corrected chi connectivity index (χ3v) is 4.71. The minimum Gasteiger partial charge on any atom is -0.496 e. The summed E-state index contributed by atoms with van der Waals surface area (Å²) < 4.78 is 5.30. The maximum atomic E-state index is 13.0. The molecule has 130 valence electrons. The highest BCUT2D eigenvalue weighted by atomic mass is 35.5. The molecule has 1 aliphatic rings. The van der Waals surface area contributed by atoms with Crippen LogP contribution in [0.2, 0.25) is 5.02 Å². The second kappa shape index (κ2) is 6.41. The number of methoxy groups -OCH3 is 1. The smallest absolute Gasteiger partial charge is 0.325 e. The van der Waals surface area contributed by atoms with E-state index in [1.54, 1.807) is 25.1 Å². The van der Waals surface area contributed by atoms with Crippen LogP contribution in [0.25, 0.3) is 0 Å². The lowest BCUT2D eigenvalue weighted by atomic mass is 9.91. The number of aryl methyl sites for hydroxylation is 1. The second-order valence-corrected chi connectivity index (χ2v) is 6.71. The zero-order valence-corrected chi connectivity index (χ0v) is 15.1. The van der Waals surface area contributed by atoms with Crippen molar-refractivity contribution in [3.05, 3.63) is 64.2 Å². The van der Waals surface area contributed by atoms with Gasteiger partial charge in [-0.1, -0.05) is 41.4 Å². The van der Waals surface area contributed by atoms with Gasteiger partial charge in [-0.05, 0) is 37.6 Å². The molecule has 1 N–H and O–H groups in total. The van der Waals surface area contributed by atoms with Gasteiger partial charge >= 0.3 is 6.03 Å². The fourth-order valence-electron chi connectivity index (χ4n) is 2.96. The number of benzene rings is 2. The van der Waals surface area contributed by atoms with E-state index in [-0.39, 0.29) is 12.5 Å². The minimum atomic E-state index is -1.09. The third kappa shape index (κ3) is 3.07. The van der Waals surface area contributed by atoms with Gasteiger partial charge in [0.05, 0.1) is 13.7 Å². The predicted octanol–water partition coefficient (Wildman–Crippen LogP) is 3.62. The summed E-state index contributed by atoms with van der Waals surface area (Å²) in [6.45, 7) is 3.78. The number of halogens is 1. The molecule has 1 atom stereocenters. The van der Waals surface area contributed by atoms with Gasteiger partial charge in [0.15, 0.2) is 0 Å². The number of imide groups is 1. The molecule has 1 fully saturated rings. The van der Waals surface area contributed by atoms with Crippen LogP contribution in [-0.2, 0) is 16.9 Å². The summed E-state index contributed by atoms with van der Waals surface area (Å²) in [6, 6.07) is 12.2. The van der Waals surface area contributed by atoms with Crippen LogP contribution in [0.3, 0.4) is 0 Å². The Bertz CT molecular complexity index is 835. The Balaban J connectivity index is 1.92. The van der Waals surface area contributed by atoms with Gasteiger partial charge in [-0.2, -0.15) is 0 Å². The first kappa shape index (κ1) is 17.3. The predicted molar refractivity (Wildman–Crippen MR) is 95.6 cm³/mol. The maximum Gasteiger partial charge on any atom is 0.325 e. The van der Waals surface area contributed by atoms with E-state index in [1.807, 2.05) is 31.2 Å². The summed E-state index contributed by atoms with van der Waals surface area (Å²) in [5, 5.41) is 3.32. The molecule has 25 heavy (non-hydrogen) atoms. The van der Waals surface area contributed by atoms with Crippen LogP contribution in [-0.4, -0.2) is 23.9 Å². The summed E-state index contributed by atoms with van der Waals surface area (Å²) in [7, 11) is 1.54. The number of ether oxygens (including phenoxy) is 1. The Morgan fingerprint density at radius 2 is 1.84 bits per heavy atom. The lowest BCUT2D eigenvalue weighted by Crippen LogP contribution is -2.40. The van der Waals surface area contributed by atoms with E-state index in [4.69, 9.17) is 16.3 Å². The van der Waals surface area contributed by atoms with Crippen molar-refractivity contribution < 1.29 is 14.3 Å². The zero-order valence-electron chi connectivity index (χ0n) is 14.3. The molecule has 1 heterocycles. The molecule has 3 amide bonds. The summed E-state index contributed by atoms with van der Waals surface area (Å²) >= 11 is 6.04. The molecule has 0 unspecified atom stereocenters. The van der Waals surface area contributed by atoms with E-state index in [9.17, 15) is 9.59 Å². The lowest BCUT2D eigenvalue weighted by molar-refractivity contribution is -0.131. The Morgan fingerprint density at radius 3 is 2.48 bits per heavy atom. The van der Waals surface area contributed by atoms with Gasteiger partial charge in [0.2, 0.25) is 0 Å². The number of nitrogens with one attached hydrogen (secondary N) is 1. The Morgan fingerprint density at radius 1 is 1.16 bits per heavy atom. The number of urea groups is 1. The van der Waals surface area contributed by atoms with Gasteiger partial charge in [0.25, 0.3) is 5.91 Å². The topological polar surface area (TPSA) is 58.6 Å². The number of amides is 3. The van der Waals surface area contributed by atoms with Crippen LogP contribution in [0.15, 0.2) is 42.5 Å². The summed E-state index contributed by atoms with van der Waals surface area (Å²) in [5.74, 6) is 0.275. The van der Waals surface area contributed by atoms with E-state index >= 15 is 0 Å². The van der Waals surface area contributed by atoms with E-state index in [2.05, 4.69) is 5.32 Å². The van der Waals surface area contributed by atoms with Crippen LogP contribution in [0, 0.1) is 6.92 Å². The minimum absolute atomic E-state index is 0.0931. The summed E-state index contributed by atoms with van der Waals surface area (Å²) in [6.07, 6.45) is 0. The molecule has 2 aromatic carbocycles. The average Bonchev–Trinajstić information content (AvgIpc) is 2.80. The Labute approximate surface area is 151 Å². The fourth-order valence-corrected chi connectivity index (χ4v) is 3.16. The van der Waals surface area contributed by atoms with Gasteiger partial charge in [-0.3, -0.25) is 9.69 Å². The molecule has 0 spiro atoms. The van der Waals surface area contributed by atoms with Crippen molar-refractivity contribution in [3.8, 4) is 5.75 Å². The molecular formula is C19H19ClN2O3. The van der Waals surface area contributed by atoms with Crippen molar-refractivity contribution in [2.75, 3.05) is 7.11 Å². The van der Waals surface area contributed by atoms with Crippen LogP contribution in [0.4, 0.5) is 4.79 Å². The van der Waals surface area contributed by atoms with E-state index in [0.29, 0.717) is 16.3 Å². The van der Waals surface area contributed by atoms with Crippen LogP contribution in [0.1, 0.15) is 23.6 Å². The highest BCUT2D eigenvalue weighted by Crippen LogP contribution is 2.32. The number of hydrogen-bond donors (Lipinski definition) is 1. The molecule has 0 saturated carbocycles. The fraction of sp³-hybridized carbons (Fsp3) is 0.263. The van der Waals surface area contributed by atoms with Gasteiger partial charge < -0.3 is 10.1 Å². The number of carbonyl (C=O) groups is 2. The molecule has 6 heteroatoms. The third-order valence-electron chi connectivity index (χ3n) is 4.47. The van der Waals surface area contributed by atoms with Crippen molar-refractivity contribution in [2.24, 2.45) is 0 Å². The second-order valence-electron chi connectivity index (χ2n) is 6.27. The van der Waals surface area contributed by atoms with Crippen molar-refractivity contribution in [2.45, 2.75) is 25.9 Å². The summed E-state index contributed by atoms with van der Waals surface area (Å²) in [5.41, 5.74) is 1.42. The van der Waals surface area contributed by atoms with Crippen molar-refractivity contribution in [1.82, 2.24) is 10.2 Å². The van der Waals surface area contributed by atoms with Crippen LogP contribution in [0.5, 0.6) is 5.75 Å². The van der Waals surface area contributed by atoms with Crippen LogP contribution < -0.4 is 10.1 Å². The van der Waals surface area contributed by atoms with Crippen molar-refractivity contribution >= 4 is 23.5 Å². The van der Waals surface area contributed by atoms with Crippen LogP contribution >= 0.6 is 11.6 Å². The van der Waals surface area contributed by atoms with Gasteiger partial charge in [0, 0.05) is 10.6 Å². The average molecular weight is 359 g/mol. The monoisotopic (exact) mass is 358 g/mol. The molecule has 3 rings (SSSR count). The zero-order chi connectivity index (χ0) is 18.2. The molecule has 0 radical (unpaired) electrons. The van der Waals surface area contributed by atoms with Gasteiger partial charge in [-0.15, -0.1) is 0 Å². The first-order chi connectivity index (χ1) is 11.8. The van der Waals surface area contributed by atoms with Gasteiger partial charge in [0.1, 0.15) is 11.3 Å². The van der Waals surface area contributed by atoms with Crippen molar-refractivity contribution in [1.29, 1.82) is 0 Å². The standard InChI is InChI=1S/C19H19ClN2O3/c1-12-4-6-14(7-5-12)19(2)17(23)22(18(24)21-19)11-13-10-15(20)8-9-16(13)25-3/h4-10H,11H2,1-3H3,(H,21,24)/t19-/m1/s1. The first-order valence-corrected chi connectivity index (χ1v) is 8.26. The molecule has 0 aromatic heterocycles. The molecule has 0 aliphatic carbocycles. The largest absolute Gasteiger partial charge is 0.496 e. The normalized spacial score (nSPS) is 19.9. The summed E-state index contributed by atoms with van der Waals surface area (Å²) in [4.78, 5) is 26.6. The molecular weight excluding hydrogens is 340 g/mol. The number of carbonyl (C=O) groups excluding carboxylic acids is 2. The SMILES string of the molecule is COc1ccc(Cl)cc1CN1C(=O)N[C@](C)(c2ccc(C)cc2)C1=O. The first-order valence-electron chi connectivity index (χ1n) is 7.89. The number of rotatable bonds is 4. The Hall–Kier alpha value is -2.53. The molecule has 2 aromatic rings. The van der Waals surface area contributed by atoms with E-state index in [1.165, 1.54) is 12.0 Å². The number of nitrogens with zero attached hydrogens (tertiary/aromatic N) is 1. The molecule has 1 aliphatic heterocycles. The Kier molecular flexibility index (Phi) is 4.43. The number of hydrogen-bond acceptors (Lipinski definition) is 3.